The maximum Gasteiger partial charge on any atom is 0.0504 e. The molecule has 3 heteroatoms. The molecule has 1 fully saturated rings. The lowest BCUT2D eigenvalue weighted by Gasteiger charge is -2.12. The van der Waals surface area contributed by atoms with Crippen LogP contribution in [0.3, 0.4) is 0 Å². The molecule has 1 heterocycles. The Balaban J connectivity index is 0.000000810. The molecule has 0 atom stereocenters. The third kappa shape index (κ3) is 3.16. The van der Waals surface area contributed by atoms with Gasteiger partial charge in [0.05, 0.1) is 6.67 Å². The van der Waals surface area contributed by atoms with E-state index in [1.807, 2.05) is 0 Å². The summed E-state index contributed by atoms with van der Waals surface area (Å²) in [5, 5.41) is 0. The van der Waals surface area contributed by atoms with Crippen molar-refractivity contribution in [3.05, 3.63) is 0 Å². The SMILES string of the molecule is CCCN1CCN(C)C1.I. The Hall–Kier alpha value is 0.650. The van der Waals surface area contributed by atoms with Crippen molar-refractivity contribution in [3.8, 4) is 0 Å². The van der Waals surface area contributed by atoms with Crippen molar-refractivity contribution in [1.82, 2.24) is 9.80 Å². The van der Waals surface area contributed by atoms with Crippen molar-refractivity contribution in [2.24, 2.45) is 0 Å². The minimum Gasteiger partial charge on any atom is -0.292 e. The van der Waals surface area contributed by atoms with Crippen molar-refractivity contribution in [3.63, 3.8) is 0 Å². The molecule has 0 aromatic heterocycles. The van der Waals surface area contributed by atoms with Gasteiger partial charge in [0, 0.05) is 13.1 Å². The second kappa shape index (κ2) is 5.32. The molecule has 2 nitrogen and oxygen atoms in total. The Morgan fingerprint density at radius 2 is 2.00 bits per heavy atom. The van der Waals surface area contributed by atoms with Crippen LogP contribution in [0.1, 0.15) is 13.3 Å². The quantitative estimate of drug-likeness (QED) is 0.685. The van der Waals surface area contributed by atoms with Gasteiger partial charge >= 0.3 is 0 Å². The first-order valence-electron chi connectivity index (χ1n) is 3.74. The summed E-state index contributed by atoms with van der Waals surface area (Å²) in [4.78, 5) is 4.84. The van der Waals surface area contributed by atoms with Crippen LogP contribution in [0.25, 0.3) is 0 Å². The largest absolute Gasteiger partial charge is 0.292 e. The molecule has 0 aromatic carbocycles. The van der Waals surface area contributed by atoms with Gasteiger partial charge in [0.25, 0.3) is 0 Å². The lowest BCUT2D eigenvalue weighted by Crippen LogP contribution is -2.23. The third-order valence-corrected chi connectivity index (χ3v) is 1.78. The first-order valence-corrected chi connectivity index (χ1v) is 3.74. The molecule has 0 amide bonds. The number of rotatable bonds is 2. The van der Waals surface area contributed by atoms with Crippen molar-refractivity contribution in [2.45, 2.75) is 13.3 Å². The van der Waals surface area contributed by atoms with Crippen molar-refractivity contribution in [2.75, 3.05) is 33.4 Å². The average Bonchev–Trinajstić information content (AvgIpc) is 2.17. The van der Waals surface area contributed by atoms with Gasteiger partial charge in [-0.3, -0.25) is 9.80 Å². The molecule has 0 aromatic rings. The molecule has 0 aliphatic carbocycles. The lowest BCUT2D eigenvalue weighted by atomic mass is 10.4. The Morgan fingerprint density at radius 3 is 2.40 bits per heavy atom. The van der Waals surface area contributed by atoms with E-state index in [0.29, 0.717) is 0 Å². The van der Waals surface area contributed by atoms with Gasteiger partial charge in [0.2, 0.25) is 0 Å². The zero-order valence-corrected chi connectivity index (χ0v) is 9.17. The van der Waals surface area contributed by atoms with Gasteiger partial charge in [0.15, 0.2) is 0 Å². The number of nitrogens with zero attached hydrogens (tertiary/aromatic N) is 2. The Labute approximate surface area is 80.6 Å². The topological polar surface area (TPSA) is 6.48 Å². The second-order valence-electron chi connectivity index (χ2n) is 2.84. The molecule has 0 spiro atoms. The molecular formula is C7H17IN2. The van der Waals surface area contributed by atoms with E-state index in [4.69, 9.17) is 0 Å². The van der Waals surface area contributed by atoms with E-state index in [-0.39, 0.29) is 24.0 Å². The first kappa shape index (κ1) is 10.7. The van der Waals surface area contributed by atoms with Gasteiger partial charge in [-0.2, -0.15) is 0 Å². The predicted octanol–water partition coefficient (Wildman–Crippen LogP) is 1.22. The zero-order chi connectivity index (χ0) is 6.69. The van der Waals surface area contributed by atoms with E-state index in [9.17, 15) is 0 Å². The Bertz CT molecular complexity index is 85.7. The second-order valence-corrected chi connectivity index (χ2v) is 2.84. The number of hydrogen-bond acceptors (Lipinski definition) is 2. The van der Waals surface area contributed by atoms with Crippen LogP contribution < -0.4 is 0 Å². The smallest absolute Gasteiger partial charge is 0.0504 e. The highest BCUT2D eigenvalue weighted by atomic mass is 127. The van der Waals surface area contributed by atoms with E-state index >= 15 is 0 Å². The van der Waals surface area contributed by atoms with E-state index in [1.54, 1.807) is 0 Å². The molecule has 1 saturated heterocycles. The highest BCUT2D eigenvalue weighted by molar-refractivity contribution is 14.0. The fourth-order valence-electron chi connectivity index (χ4n) is 1.29. The molecule has 0 saturated carbocycles. The number of likely N-dealkylation sites (N-methyl/N-ethyl adjacent to an activating group) is 1. The van der Waals surface area contributed by atoms with Crippen molar-refractivity contribution in [1.29, 1.82) is 0 Å². The third-order valence-electron chi connectivity index (χ3n) is 1.78. The molecule has 1 rings (SSSR count). The molecule has 0 radical (unpaired) electrons. The van der Waals surface area contributed by atoms with Crippen LogP contribution >= 0.6 is 24.0 Å². The molecule has 1 aliphatic rings. The highest BCUT2D eigenvalue weighted by Crippen LogP contribution is 2.01. The maximum absolute atomic E-state index is 2.49. The Kier molecular flexibility index (Phi) is 5.67. The summed E-state index contributed by atoms with van der Waals surface area (Å²) < 4.78 is 0. The van der Waals surface area contributed by atoms with Gasteiger partial charge in [-0.15, -0.1) is 24.0 Å². The van der Waals surface area contributed by atoms with Crippen LogP contribution in [-0.2, 0) is 0 Å². The summed E-state index contributed by atoms with van der Waals surface area (Å²) in [5.74, 6) is 0. The summed E-state index contributed by atoms with van der Waals surface area (Å²) in [5.41, 5.74) is 0. The van der Waals surface area contributed by atoms with E-state index in [0.717, 1.165) is 0 Å². The van der Waals surface area contributed by atoms with Gasteiger partial charge < -0.3 is 0 Å². The Morgan fingerprint density at radius 1 is 1.30 bits per heavy atom. The monoisotopic (exact) mass is 256 g/mol. The fourth-order valence-corrected chi connectivity index (χ4v) is 1.29. The molecule has 1 aliphatic heterocycles. The summed E-state index contributed by atoms with van der Waals surface area (Å²) in [6, 6.07) is 0. The van der Waals surface area contributed by atoms with E-state index in [2.05, 4.69) is 23.8 Å². The normalized spacial score (nSPS) is 21.0. The number of halogens is 1. The zero-order valence-electron chi connectivity index (χ0n) is 6.84. The minimum absolute atomic E-state index is 0. The lowest BCUT2D eigenvalue weighted by molar-refractivity contribution is 0.275. The highest BCUT2D eigenvalue weighted by Gasteiger charge is 2.13. The van der Waals surface area contributed by atoms with Gasteiger partial charge in [-0.1, -0.05) is 6.92 Å². The molecule has 0 bridgehead atoms. The van der Waals surface area contributed by atoms with E-state index < -0.39 is 0 Å². The molecule has 0 N–H and O–H groups in total. The predicted molar refractivity (Wildman–Crippen MR) is 54.8 cm³/mol. The van der Waals surface area contributed by atoms with Crippen molar-refractivity contribution < 1.29 is 0 Å². The first-order chi connectivity index (χ1) is 4.33. The van der Waals surface area contributed by atoms with Gasteiger partial charge in [0.1, 0.15) is 0 Å². The van der Waals surface area contributed by atoms with Crippen LogP contribution in [-0.4, -0.2) is 43.2 Å². The molecular weight excluding hydrogens is 239 g/mol. The standard InChI is InChI=1S/C7H16N2.HI/c1-3-4-9-6-5-8(2)7-9;/h3-7H2,1-2H3;1H. The minimum atomic E-state index is 0. The summed E-state index contributed by atoms with van der Waals surface area (Å²) in [6.45, 7) is 7.20. The van der Waals surface area contributed by atoms with Crippen LogP contribution in [0, 0.1) is 0 Å². The van der Waals surface area contributed by atoms with Crippen molar-refractivity contribution >= 4 is 24.0 Å². The van der Waals surface area contributed by atoms with Gasteiger partial charge in [-0.05, 0) is 20.0 Å². The van der Waals surface area contributed by atoms with Crippen LogP contribution in [0.15, 0.2) is 0 Å². The van der Waals surface area contributed by atoms with Crippen LogP contribution in [0.5, 0.6) is 0 Å². The van der Waals surface area contributed by atoms with Crippen LogP contribution in [0.4, 0.5) is 0 Å². The fraction of sp³-hybridized carbons (Fsp3) is 1.00. The summed E-state index contributed by atoms with van der Waals surface area (Å²) in [6.07, 6.45) is 1.29. The van der Waals surface area contributed by atoms with E-state index in [1.165, 1.54) is 32.7 Å². The molecule has 62 valence electrons. The van der Waals surface area contributed by atoms with Gasteiger partial charge in [-0.25, -0.2) is 0 Å². The van der Waals surface area contributed by atoms with Crippen LogP contribution in [0.2, 0.25) is 0 Å². The average molecular weight is 256 g/mol. The molecule has 10 heavy (non-hydrogen) atoms. The maximum atomic E-state index is 2.49. The summed E-state index contributed by atoms with van der Waals surface area (Å²) in [7, 11) is 2.18. The summed E-state index contributed by atoms with van der Waals surface area (Å²) >= 11 is 0. The molecule has 0 unspecified atom stereocenters. The number of hydrogen-bond donors (Lipinski definition) is 0.